The van der Waals surface area contributed by atoms with Crippen LogP contribution in [0.25, 0.3) is 11.3 Å². The number of amides is 1. The number of aryl methyl sites for hydroxylation is 1. The Morgan fingerprint density at radius 2 is 2.30 bits per heavy atom. The van der Waals surface area contributed by atoms with E-state index in [1.807, 2.05) is 34.5 Å². The van der Waals surface area contributed by atoms with Gasteiger partial charge in [-0.3, -0.25) is 9.48 Å². The normalized spacial score (nSPS) is 12.3. The third-order valence-corrected chi connectivity index (χ3v) is 4.41. The summed E-state index contributed by atoms with van der Waals surface area (Å²) in [7, 11) is 0. The first-order valence-electron chi connectivity index (χ1n) is 8.15. The number of carbonyl (C=O) groups excluding carboxylic acids is 1. The Kier molecular flexibility index (Phi) is 6.80. The third-order valence-electron chi connectivity index (χ3n) is 3.73. The van der Waals surface area contributed by atoms with Gasteiger partial charge in [-0.25, -0.2) is 0 Å². The van der Waals surface area contributed by atoms with Crippen LogP contribution in [0.2, 0.25) is 0 Å². The average Bonchev–Trinajstić information content (AvgIpc) is 3.21. The monoisotopic (exact) mass is 335 g/mol. The zero-order valence-corrected chi connectivity index (χ0v) is 14.6. The molecule has 6 heteroatoms. The number of aliphatic hydroxyl groups excluding tert-OH is 1. The fraction of sp³-hybridized carbons (Fsp3) is 0.529. The number of unbranched alkanes of at least 4 members (excludes halogenated alkanes) is 2. The Hall–Kier alpha value is -1.66. The van der Waals surface area contributed by atoms with Gasteiger partial charge in [0.2, 0.25) is 0 Å². The fourth-order valence-corrected chi connectivity index (χ4v) is 2.90. The number of aromatic nitrogens is 2. The molecule has 0 saturated carbocycles. The second-order valence-corrected chi connectivity index (χ2v) is 6.63. The van der Waals surface area contributed by atoms with E-state index in [4.69, 9.17) is 5.11 Å². The molecule has 1 amide bonds. The van der Waals surface area contributed by atoms with Crippen LogP contribution in [0.1, 0.15) is 43.6 Å². The van der Waals surface area contributed by atoms with E-state index < -0.39 is 0 Å². The highest BCUT2D eigenvalue weighted by Gasteiger charge is 2.16. The maximum Gasteiger partial charge on any atom is 0.269 e. The molecule has 1 atom stereocenters. The average molecular weight is 335 g/mol. The van der Waals surface area contributed by atoms with Crippen LogP contribution in [0.4, 0.5) is 0 Å². The first kappa shape index (κ1) is 17.7. The molecule has 126 valence electrons. The lowest BCUT2D eigenvalue weighted by molar-refractivity contribution is 0.0931. The largest absolute Gasteiger partial charge is 0.396 e. The second kappa shape index (κ2) is 8.84. The smallest absolute Gasteiger partial charge is 0.269 e. The van der Waals surface area contributed by atoms with Gasteiger partial charge in [-0.1, -0.05) is 26.7 Å². The quantitative estimate of drug-likeness (QED) is 0.692. The summed E-state index contributed by atoms with van der Waals surface area (Å²) in [4.78, 5) is 12.5. The lowest BCUT2D eigenvalue weighted by Crippen LogP contribution is -2.31. The van der Waals surface area contributed by atoms with Crippen LogP contribution < -0.4 is 5.32 Å². The zero-order valence-electron chi connectivity index (χ0n) is 13.8. The van der Waals surface area contributed by atoms with Crippen molar-refractivity contribution in [1.82, 2.24) is 15.1 Å². The number of nitrogens with zero attached hydrogens (tertiary/aromatic N) is 2. The van der Waals surface area contributed by atoms with Gasteiger partial charge in [0.25, 0.3) is 5.91 Å². The molecule has 0 saturated heterocycles. The minimum absolute atomic E-state index is 0.0479. The van der Waals surface area contributed by atoms with E-state index in [-0.39, 0.29) is 18.4 Å². The van der Waals surface area contributed by atoms with Crippen molar-refractivity contribution in [2.75, 3.05) is 13.2 Å². The van der Waals surface area contributed by atoms with Gasteiger partial charge in [0.05, 0.1) is 5.69 Å². The summed E-state index contributed by atoms with van der Waals surface area (Å²) in [6, 6.07) is 3.87. The highest BCUT2D eigenvalue weighted by molar-refractivity contribution is 7.08. The molecule has 0 bridgehead atoms. The van der Waals surface area contributed by atoms with Gasteiger partial charge in [-0.05, 0) is 29.9 Å². The second-order valence-electron chi connectivity index (χ2n) is 5.85. The van der Waals surface area contributed by atoms with Crippen LogP contribution in [0, 0.1) is 5.92 Å². The number of hydrogen-bond acceptors (Lipinski definition) is 4. The van der Waals surface area contributed by atoms with Crippen LogP contribution >= 0.6 is 11.3 Å². The number of hydrogen-bond donors (Lipinski definition) is 2. The van der Waals surface area contributed by atoms with Gasteiger partial charge >= 0.3 is 0 Å². The van der Waals surface area contributed by atoms with Gasteiger partial charge in [0.1, 0.15) is 5.69 Å². The van der Waals surface area contributed by atoms with Gasteiger partial charge in [-0.15, -0.1) is 0 Å². The molecule has 0 spiro atoms. The molecule has 5 nitrogen and oxygen atoms in total. The molecule has 0 aliphatic carbocycles. The number of aliphatic hydroxyl groups is 1. The maximum atomic E-state index is 12.5. The number of thiophene rings is 1. The highest BCUT2D eigenvalue weighted by Crippen LogP contribution is 2.22. The SMILES string of the molecule is CCCCCn1nc(-c2ccsc2)cc1C(=O)NCC(C)CO. The molecule has 0 aliphatic rings. The highest BCUT2D eigenvalue weighted by atomic mass is 32.1. The molecule has 2 rings (SSSR count). The van der Waals surface area contributed by atoms with Crippen molar-refractivity contribution >= 4 is 17.2 Å². The molecule has 1 unspecified atom stereocenters. The molecular formula is C17H25N3O2S. The summed E-state index contributed by atoms with van der Waals surface area (Å²) < 4.78 is 1.81. The van der Waals surface area contributed by atoms with Crippen molar-refractivity contribution in [1.29, 1.82) is 0 Å². The lowest BCUT2D eigenvalue weighted by Gasteiger charge is -2.11. The Morgan fingerprint density at radius 3 is 2.96 bits per heavy atom. The Labute approximate surface area is 141 Å². The zero-order chi connectivity index (χ0) is 16.7. The van der Waals surface area contributed by atoms with Crippen molar-refractivity contribution in [3.8, 4) is 11.3 Å². The van der Waals surface area contributed by atoms with Crippen molar-refractivity contribution in [3.63, 3.8) is 0 Å². The summed E-state index contributed by atoms with van der Waals surface area (Å²) >= 11 is 1.62. The fourth-order valence-electron chi connectivity index (χ4n) is 2.25. The van der Waals surface area contributed by atoms with Gasteiger partial charge in [0, 0.05) is 30.6 Å². The van der Waals surface area contributed by atoms with E-state index in [0.29, 0.717) is 12.2 Å². The molecule has 2 heterocycles. The third kappa shape index (κ3) is 4.91. The van der Waals surface area contributed by atoms with E-state index >= 15 is 0 Å². The molecular weight excluding hydrogens is 310 g/mol. The summed E-state index contributed by atoms with van der Waals surface area (Å²) in [5.41, 5.74) is 2.47. The van der Waals surface area contributed by atoms with Crippen molar-refractivity contribution < 1.29 is 9.90 Å². The Morgan fingerprint density at radius 1 is 1.48 bits per heavy atom. The lowest BCUT2D eigenvalue weighted by atomic mass is 10.2. The maximum absolute atomic E-state index is 12.5. The van der Waals surface area contributed by atoms with Crippen LogP contribution in [0.3, 0.4) is 0 Å². The molecule has 0 radical (unpaired) electrons. The minimum atomic E-state index is -0.129. The first-order chi connectivity index (χ1) is 11.2. The van der Waals surface area contributed by atoms with Crippen LogP contribution in [-0.4, -0.2) is 33.9 Å². The number of nitrogens with one attached hydrogen (secondary N) is 1. The van der Waals surface area contributed by atoms with Crippen molar-refractivity contribution in [2.24, 2.45) is 5.92 Å². The number of carbonyl (C=O) groups is 1. The summed E-state index contributed by atoms with van der Waals surface area (Å²) in [5.74, 6) is -0.0810. The molecule has 2 aromatic rings. The predicted molar refractivity (Wildman–Crippen MR) is 93.6 cm³/mol. The van der Waals surface area contributed by atoms with Crippen molar-refractivity contribution in [2.45, 2.75) is 39.7 Å². The van der Waals surface area contributed by atoms with E-state index in [9.17, 15) is 4.79 Å². The topological polar surface area (TPSA) is 67.2 Å². The van der Waals surface area contributed by atoms with Gasteiger partial charge in [-0.2, -0.15) is 16.4 Å². The van der Waals surface area contributed by atoms with Crippen LogP contribution in [0.5, 0.6) is 0 Å². The molecule has 0 aliphatic heterocycles. The standard InChI is InChI=1S/C17H25N3O2S/c1-3-4-5-7-20-16(17(22)18-10-13(2)11-21)9-15(19-20)14-6-8-23-12-14/h6,8-9,12-13,21H,3-5,7,10-11H2,1-2H3,(H,18,22). The minimum Gasteiger partial charge on any atom is -0.396 e. The van der Waals surface area contributed by atoms with E-state index in [1.165, 1.54) is 0 Å². The van der Waals surface area contributed by atoms with E-state index in [1.54, 1.807) is 11.3 Å². The van der Waals surface area contributed by atoms with Gasteiger partial charge < -0.3 is 10.4 Å². The van der Waals surface area contributed by atoms with Gasteiger partial charge in [0.15, 0.2) is 0 Å². The van der Waals surface area contributed by atoms with E-state index in [0.717, 1.165) is 37.1 Å². The molecule has 0 fully saturated rings. The number of rotatable bonds is 9. The Bertz CT molecular complexity index is 607. The van der Waals surface area contributed by atoms with Crippen LogP contribution in [0.15, 0.2) is 22.9 Å². The molecule has 0 aromatic carbocycles. The molecule has 23 heavy (non-hydrogen) atoms. The molecule has 2 N–H and O–H groups in total. The summed E-state index contributed by atoms with van der Waals surface area (Å²) in [6.45, 7) is 5.33. The summed E-state index contributed by atoms with van der Waals surface area (Å²) in [5, 5.41) is 20.6. The Balaban J connectivity index is 2.15. The predicted octanol–water partition coefficient (Wildman–Crippen LogP) is 3.16. The summed E-state index contributed by atoms with van der Waals surface area (Å²) in [6.07, 6.45) is 3.26. The first-order valence-corrected chi connectivity index (χ1v) is 9.09. The molecule has 2 aromatic heterocycles. The van der Waals surface area contributed by atoms with E-state index in [2.05, 4.69) is 17.3 Å². The van der Waals surface area contributed by atoms with Crippen LogP contribution in [-0.2, 0) is 6.54 Å². The van der Waals surface area contributed by atoms with Crippen molar-refractivity contribution in [3.05, 3.63) is 28.6 Å².